The predicted octanol–water partition coefficient (Wildman–Crippen LogP) is 3.71. The van der Waals surface area contributed by atoms with Gasteiger partial charge in [0.2, 0.25) is 0 Å². The summed E-state index contributed by atoms with van der Waals surface area (Å²) in [7, 11) is 0. The summed E-state index contributed by atoms with van der Waals surface area (Å²) in [5.74, 6) is -0.0259. The van der Waals surface area contributed by atoms with E-state index < -0.39 is 0 Å². The minimum Gasteiger partial charge on any atom is -0.352 e. The Morgan fingerprint density at radius 3 is 2.39 bits per heavy atom. The van der Waals surface area contributed by atoms with Gasteiger partial charge >= 0.3 is 0 Å². The van der Waals surface area contributed by atoms with E-state index in [9.17, 15) is 4.79 Å². The molecule has 2 rings (SSSR count). The first-order valence-electron chi connectivity index (χ1n) is 7.99. The van der Waals surface area contributed by atoms with Gasteiger partial charge < -0.3 is 5.32 Å². The maximum Gasteiger partial charge on any atom is 0.251 e. The molecule has 0 aliphatic rings. The number of hydrogen-bond acceptors (Lipinski definition) is 3. The predicted molar refractivity (Wildman–Crippen MR) is 96.0 cm³/mol. The third-order valence-corrected chi connectivity index (χ3v) is 3.41. The highest BCUT2D eigenvalue weighted by atomic mass is 16.1. The zero-order chi connectivity index (χ0) is 16.3. The molecular formula is C19H23N3O. The summed E-state index contributed by atoms with van der Waals surface area (Å²) >= 11 is 0. The van der Waals surface area contributed by atoms with E-state index in [0.717, 1.165) is 25.1 Å². The molecule has 0 aromatic heterocycles. The molecule has 2 aromatic carbocycles. The Morgan fingerprint density at radius 1 is 1.09 bits per heavy atom. The molecule has 0 saturated heterocycles. The summed E-state index contributed by atoms with van der Waals surface area (Å²) in [5.41, 5.74) is 1.78. The van der Waals surface area contributed by atoms with Crippen LogP contribution in [0.1, 0.15) is 30.1 Å². The monoisotopic (exact) mass is 309 g/mol. The van der Waals surface area contributed by atoms with Crippen LogP contribution >= 0.6 is 0 Å². The zero-order valence-corrected chi connectivity index (χ0v) is 13.5. The number of benzene rings is 2. The maximum absolute atomic E-state index is 11.9. The van der Waals surface area contributed by atoms with Crippen molar-refractivity contribution in [2.75, 3.05) is 18.1 Å². The van der Waals surface area contributed by atoms with Crippen molar-refractivity contribution in [2.24, 2.45) is 5.10 Å². The summed E-state index contributed by atoms with van der Waals surface area (Å²) < 4.78 is 0. The van der Waals surface area contributed by atoms with E-state index in [-0.39, 0.29) is 5.91 Å². The van der Waals surface area contributed by atoms with E-state index in [1.807, 2.05) is 71.9 Å². The number of anilines is 1. The molecule has 0 atom stereocenters. The molecule has 1 amide bonds. The minimum atomic E-state index is -0.0259. The van der Waals surface area contributed by atoms with Crippen LogP contribution in [-0.2, 0) is 0 Å². The number of nitrogens with one attached hydrogen (secondary N) is 1. The normalized spacial score (nSPS) is 10.7. The van der Waals surface area contributed by atoms with Gasteiger partial charge in [-0.2, -0.15) is 5.10 Å². The smallest absolute Gasteiger partial charge is 0.251 e. The highest BCUT2D eigenvalue weighted by Crippen LogP contribution is 2.12. The first-order chi connectivity index (χ1) is 11.3. The highest BCUT2D eigenvalue weighted by Gasteiger charge is 2.02. The fraction of sp³-hybridized carbons (Fsp3) is 0.263. The van der Waals surface area contributed by atoms with Crippen molar-refractivity contribution in [3.05, 3.63) is 66.2 Å². The van der Waals surface area contributed by atoms with E-state index in [0.29, 0.717) is 12.1 Å². The lowest BCUT2D eigenvalue weighted by atomic mass is 10.2. The van der Waals surface area contributed by atoms with Gasteiger partial charge in [-0.15, -0.1) is 0 Å². The fourth-order valence-corrected chi connectivity index (χ4v) is 2.17. The van der Waals surface area contributed by atoms with Gasteiger partial charge in [-0.25, -0.2) is 0 Å². The molecule has 0 bridgehead atoms. The van der Waals surface area contributed by atoms with E-state index in [1.165, 1.54) is 0 Å². The lowest BCUT2D eigenvalue weighted by molar-refractivity contribution is 0.0953. The maximum atomic E-state index is 11.9. The Morgan fingerprint density at radius 2 is 1.74 bits per heavy atom. The van der Waals surface area contributed by atoms with Gasteiger partial charge in [-0.3, -0.25) is 9.80 Å². The van der Waals surface area contributed by atoms with Crippen molar-refractivity contribution >= 4 is 17.8 Å². The summed E-state index contributed by atoms with van der Waals surface area (Å²) in [6, 6.07) is 19.4. The largest absolute Gasteiger partial charge is 0.352 e. The quantitative estimate of drug-likeness (QED) is 0.459. The third-order valence-electron chi connectivity index (χ3n) is 3.41. The topological polar surface area (TPSA) is 44.7 Å². The number of hydrazone groups is 1. The van der Waals surface area contributed by atoms with Crippen molar-refractivity contribution in [2.45, 2.75) is 19.8 Å². The van der Waals surface area contributed by atoms with Crippen LogP contribution in [0.4, 0.5) is 5.69 Å². The lowest BCUT2D eigenvalue weighted by Gasteiger charge is -2.16. The van der Waals surface area contributed by atoms with Crippen LogP contribution in [0, 0.1) is 0 Å². The Kier molecular flexibility index (Phi) is 6.85. The molecule has 0 fully saturated rings. The van der Waals surface area contributed by atoms with Gasteiger partial charge in [0.05, 0.1) is 5.69 Å². The van der Waals surface area contributed by atoms with Crippen LogP contribution in [0.5, 0.6) is 0 Å². The Labute approximate surface area is 137 Å². The van der Waals surface area contributed by atoms with Crippen molar-refractivity contribution in [3.63, 3.8) is 0 Å². The Balaban J connectivity index is 1.69. The number of unbranched alkanes of at least 4 members (excludes halogenated alkanes) is 1. The number of hydrogen-bond donors (Lipinski definition) is 1. The van der Waals surface area contributed by atoms with E-state index in [4.69, 9.17) is 0 Å². The fourth-order valence-electron chi connectivity index (χ4n) is 2.17. The van der Waals surface area contributed by atoms with Crippen molar-refractivity contribution < 1.29 is 4.79 Å². The summed E-state index contributed by atoms with van der Waals surface area (Å²) in [4.78, 5) is 11.9. The van der Waals surface area contributed by atoms with Crippen LogP contribution in [0.15, 0.2) is 65.8 Å². The van der Waals surface area contributed by atoms with Crippen molar-refractivity contribution in [1.29, 1.82) is 0 Å². The summed E-state index contributed by atoms with van der Waals surface area (Å²) in [6.45, 7) is 3.55. The van der Waals surface area contributed by atoms with Gasteiger partial charge in [0.15, 0.2) is 0 Å². The molecule has 0 saturated carbocycles. The van der Waals surface area contributed by atoms with Crippen LogP contribution in [0.25, 0.3) is 0 Å². The molecule has 0 spiro atoms. The van der Waals surface area contributed by atoms with Crippen molar-refractivity contribution in [3.8, 4) is 0 Å². The number of carbonyl (C=O) groups excluding carboxylic acids is 1. The van der Waals surface area contributed by atoms with Gasteiger partial charge in [0.1, 0.15) is 0 Å². The van der Waals surface area contributed by atoms with E-state index in [1.54, 1.807) is 0 Å². The van der Waals surface area contributed by atoms with Crippen LogP contribution in [0.2, 0.25) is 0 Å². The molecular weight excluding hydrogens is 286 g/mol. The molecule has 0 unspecified atom stereocenters. The zero-order valence-electron chi connectivity index (χ0n) is 13.5. The molecule has 2 aromatic rings. The standard InChI is InChI=1S/C19H23N3O/c1-2-22(18-13-7-4-8-14-18)21-16-10-9-15-20-19(23)17-11-5-3-6-12-17/h3-8,11-14,16H,2,9-10,15H2,1H3,(H,20,23)/b21-16+. The number of para-hydroxylation sites is 1. The molecule has 4 nitrogen and oxygen atoms in total. The van der Waals surface area contributed by atoms with Crippen LogP contribution in [-0.4, -0.2) is 25.2 Å². The molecule has 0 heterocycles. The van der Waals surface area contributed by atoms with E-state index >= 15 is 0 Å². The molecule has 120 valence electrons. The second kappa shape index (κ2) is 9.41. The summed E-state index contributed by atoms with van der Waals surface area (Å²) in [6.07, 6.45) is 3.61. The highest BCUT2D eigenvalue weighted by molar-refractivity contribution is 5.94. The lowest BCUT2D eigenvalue weighted by Crippen LogP contribution is -2.24. The Hall–Kier alpha value is -2.62. The average molecular weight is 309 g/mol. The van der Waals surface area contributed by atoms with Crippen LogP contribution in [0.3, 0.4) is 0 Å². The SMILES string of the molecule is CCN(/N=C/CCCNC(=O)c1ccccc1)c1ccccc1. The summed E-state index contributed by atoms with van der Waals surface area (Å²) in [5, 5.41) is 9.36. The number of rotatable bonds is 8. The second-order valence-electron chi connectivity index (χ2n) is 5.11. The van der Waals surface area contributed by atoms with Gasteiger partial charge in [0, 0.05) is 24.9 Å². The van der Waals surface area contributed by atoms with Crippen molar-refractivity contribution in [1.82, 2.24) is 5.32 Å². The molecule has 0 radical (unpaired) electrons. The molecule has 4 heteroatoms. The van der Waals surface area contributed by atoms with Crippen LogP contribution < -0.4 is 10.3 Å². The number of nitrogens with zero attached hydrogens (tertiary/aromatic N) is 2. The minimum absolute atomic E-state index is 0.0259. The van der Waals surface area contributed by atoms with Gasteiger partial charge in [-0.05, 0) is 44.0 Å². The molecule has 23 heavy (non-hydrogen) atoms. The molecule has 0 aliphatic carbocycles. The first-order valence-corrected chi connectivity index (χ1v) is 7.99. The van der Waals surface area contributed by atoms with Gasteiger partial charge in [0.25, 0.3) is 5.91 Å². The van der Waals surface area contributed by atoms with Gasteiger partial charge in [-0.1, -0.05) is 36.4 Å². The number of amides is 1. The molecule has 0 aliphatic heterocycles. The third kappa shape index (κ3) is 5.58. The Bertz CT molecular complexity index is 611. The molecule has 1 N–H and O–H groups in total. The second-order valence-corrected chi connectivity index (χ2v) is 5.11. The first kappa shape index (κ1) is 16.7. The number of carbonyl (C=O) groups is 1. The average Bonchev–Trinajstić information content (AvgIpc) is 2.62. The van der Waals surface area contributed by atoms with E-state index in [2.05, 4.69) is 17.3 Å².